The van der Waals surface area contributed by atoms with Crippen molar-refractivity contribution < 1.29 is 4.79 Å². The number of nitrogens with zero attached hydrogens (tertiary/aromatic N) is 2. The molecule has 4 nitrogen and oxygen atoms in total. The Labute approximate surface area is 162 Å². The molecule has 1 aromatic heterocycles. The number of hydrogen-bond acceptors (Lipinski definition) is 2. The lowest BCUT2D eigenvalue weighted by atomic mass is 9.96. The maximum atomic E-state index is 12.1. The van der Waals surface area contributed by atoms with Crippen molar-refractivity contribution in [3.05, 3.63) is 64.4 Å². The average molecular weight is 414 g/mol. The number of carbonyl (C=O) groups is 1. The summed E-state index contributed by atoms with van der Waals surface area (Å²) in [6.45, 7) is 7.10. The largest absolute Gasteiger partial charge is 0.355 e. The summed E-state index contributed by atoms with van der Waals surface area (Å²) in [4.78, 5) is 16.9. The van der Waals surface area contributed by atoms with E-state index in [-0.39, 0.29) is 11.3 Å². The highest BCUT2D eigenvalue weighted by Crippen LogP contribution is 2.20. The van der Waals surface area contributed by atoms with Crippen LogP contribution in [0, 0.1) is 5.41 Å². The SMILES string of the molecule is CC(C)(C)C(=O)NCCc1nc2ccccc2n1Cc1cccc(Br)c1. The topological polar surface area (TPSA) is 46.9 Å². The summed E-state index contributed by atoms with van der Waals surface area (Å²) in [5, 5.41) is 3.02. The molecule has 136 valence electrons. The normalized spacial score (nSPS) is 11.7. The Morgan fingerprint density at radius 1 is 1.15 bits per heavy atom. The van der Waals surface area contributed by atoms with Gasteiger partial charge in [-0.3, -0.25) is 4.79 Å². The van der Waals surface area contributed by atoms with Gasteiger partial charge in [-0.25, -0.2) is 4.98 Å². The quantitative estimate of drug-likeness (QED) is 0.666. The zero-order chi connectivity index (χ0) is 18.7. The predicted molar refractivity (Wildman–Crippen MR) is 109 cm³/mol. The lowest BCUT2D eigenvalue weighted by Gasteiger charge is -2.17. The van der Waals surface area contributed by atoms with Crippen LogP contribution in [0.25, 0.3) is 11.0 Å². The molecule has 0 fully saturated rings. The molecule has 3 aromatic rings. The number of aromatic nitrogens is 2. The van der Waals surface area contributed by atoms with Crippen LogP contribution in [-0.2, 0) is 17.8 Å². The molecule has 2 aromatic carbocycles. The van der Waals surface area contributed by atoms with Crippen LogP contribution in [0.4, 0.5) is 0 Å². The second-order valence-corrected chi connectivity index (χ2v) is 8.40. The maximum absolute atomic E-state index is 12.1. The van der Waals surface area contributed by atoms with Gasteiger partial charge in [0.05, 0.1) is 11.0 Å². The van der Waals surface area contributed by atoms with Crippen LogP contribution in [0.3, 0.4) is 0 Å². The molecule has 0 atom stereocenters. The van der Waals surface area contributed by atoms with E-state index in [9.17, 15) is 4.79 Å². The van der Waals surface area contributed by atoms with E-state index in [0.29, 0.717) is 13.0 Å². The Hall–Kier alpha value is -2.14. The van der Waals surface area contributed by atoms with E-state index in [1.54, 1.807) is 0 Å². The summed E-state index contributed by atoms with van der Waals surface area (Å²) >= 11 is 3.54. The van der Waals surface area contributed by atoms with Crippen LogP contribution in [0.15, 0.2) is 53.0 Å². The highest BCUT2D eigenvalue weighted by atomic mass is 79.9. The van der Waals surface area contributed by atoms with Crippen molar-refractivity contribution in [2.24, 2.45) is 5.41 Å². The summed E-state index contributed by atoms with van der Waals surface area (Å²) in [5.41, 5.74) is 2.93. The van der Waals surface area contributed by atoms with E-state index in [1.807, 2.05) is 51.1 Å². The number of halogens is 1. The highest BCUT2D eigenvalue weighted by Gasteiger charge is 2.20. The molecule has 1 amide bonds. The number of carbonyl (C=O) groups excluding carboxylic acids is 1. The van der Waals surface area contributed by atoms with Gasteiger partial charge in [0.25, 0.3) is 0 Å². The van der Waals surface area contributed by atoms with E-state index in [0.717, 1.165) is 27.9 Å². The fourth-order valence-corrected chi connectivity index (χ4v) is 3.31. The molecule has 0 spiro atoms. The van der Waals surface area contributed by atoms with E-state index >= 15 is 0 Å². The molecule has 0 bridgehead atoms. The second kappa shape index (κ2) is 7.62. The van der Waals surface area contributed by atoms with Crippen molar-refractivity contribution >= 4 is 32.9 Å². The van der Waals surface area contributed by atoms with Gasteiger partial charge in [0.15, 0.2) is 0 Å². The first kappa shape index (κ1) is 18.6. The molecule has 26 heavy (non-hydrogen) atoms. The van der Waals surface area contributed by atoms with Gasteiger partial charge in [-0.05, 0) is 29.8 Å². The minimum atomic E-state index is -0.379. The van der Waals surface area contributed by atoms with Crippen LogP contribution < -0.4 is 5.32 Å². The number of para-hydroxylation sites is 2. The molecule has 0 aliphatic rings. The molecular weight excluding hydrogens is 390 g/mol. The molecule has 0 saturated heterocycles. The van der Waals surface area contributed by atoms with Crippen molar-refractivity contribution in [1.29, 1.82) is 0 Å². The number of nitrogens with one attached hydrogen (secondary N) is 1. The van der Waals surface area contributed by atoms with Crippen molar-refractivity contribution in [1.82, 2.24) is 14.9 Å². The van der Waals surface area contributed by atoms with Crippen LogP contribution in [-0.4, -0.2) is 22.0 Å². The Bertz CT molecular complexity index is 924. The predicted octanol–water partition coefficient (Wildman–Crippen LogP) is 4.55. The van der Waals surface area contributed by atoms with Gasteiger partial charge in [-0.15, -0.1) is 0 Å². The third-order valence-electron chi connectivity index (χ3n) is 4.28. The van der Waals surface area contributed by atoms with Crippen LogP contribution in [0.2, 0.25) is 0 Å². The molecule has 5 heteroatoms. The monoisotopic (exact) mass is 413 g/mol. The van der Waals surface area contributed by atoms with Crippen molar-refractivity contribution in [2.75, 3.05) is 6.54 Å². The number of amides is 1. The van der Waals surface area contributed by atoms with Crippen LogP contribution >= 0.6 is 15.9 Å². The van der Waals surface area contributed by atoms with Gasteiger partial charge in [0.1, 0.15) is 5.82 Å². The fraction of sp³-hybridized carbons (Fsp3) is 0.333. The third kappa shape index (κ3) is 4.33. The molecule has 1 N–H and O–H groups in total. The number of rotatable bonds is 5. The van der Waals surface area contributed by atoms with E-state index in [2.05, 4.69) is 44.0 Å². The lowest BCUT2D eigenvalue weighted by Crippen LogP contribution is -2.36. The van der Waals surface area contributed by atoms with Crippen molar-refractivity contribution in [3.8, 4) is 0 Å². The average Bonchev–Trinajstić information content (AvgIpc) is 2.92. The Balaban J connectivity index is 1.84. The van der Waals surface area contributed by atoms with Gasteiger partial charge in [-0.2, -0.15) is 0 Å². The smallest absolute Gasteiger partial charge is 0.225 e. The van der Waals surface area contributed by atoms with Gasteiger partial charge >= 0.3 is 0 Å². The van der Waals surface area contributed by atoms with Crippen molar-refractivity contribution in [3.63, 3.8) is 0 Å². The standard InChI is InChI=1S/C21H24BrN3O/c1-21(2,3)20(26)23-12-11-19-24-17-9-4-5-10-18(17)25(19)14-15-7-6-8-16(22)13-15/h4-10,13H,11-12,14H2,1-3H3,(H,23,26). The fourth-order valence-electron chi connectivity index (χ4n) is 2.86. The van der Waals surface area contributed by atoms with Crippen LogP contribution in [0.5, 0.6) is 0 Å². The van der Waals surface area contributed by atoms with E-state index in [4.69, 9.17) is 4.98 Å². The molecule has 0 aliphatic heterocycles. The summed E-state index contributed by atoms with van der Waals surface area (Å²) < 4.78 is 3.30. The van der Waals surface area contributed by atoms with Gasteiger partial charge in [-0.1, -0.05) is 61.0 Å². The molecule has 0 aliphatic carbocycles. The Kier molecular flexibility index (Phi) is 5.47. The summed E-state index contributed by atoms with van der Waals surface area (Å²) in [6, 6.07) is 16.5. The summed E-state index contributed by atoms with van der Waals surface area (Å²) in [5.74, 6) is 1.05. The maximum Gasteiger partial charge on any atom is 0.225 e. The number of imidazole rings is 1. The lowest BCUT2D eigenvalue weighted by molar-refractivity contribution is -0.128. The summed E-state index contributed by atoms with van der Waals surface area (Å²) in [6.07, 6.45) is 0.699. The number of fused-ring (bicyclic) bond motifs is 1. The first-order chi connectivity index (χ1) is 12.3. The Morgan fingerprint density at radius 2 is 1.92 bits per heavy atom. The molecule has 0 saturated carbocycles. The third-order valence-corrected chi connectivity index (χ3v) is 4.77. The van der Waals surface area contributed by atoms with Crippen LogP contribution in [0.1, 0.15) is 32.2 Å². The van der Waals surface area contributed by atoms with E-state index < -0.39 is 0 Å². The zero-order valence-corrected chi connectivity index (χ0v) is 17.0. The first-order valence-electron chi connectivity index (χ1n) is 8.81. The van der Waals surface area contributed by atoms with Gasteiger partial charge in [0, 0.05) is 29.4 Å². The molecule has 1 heterocycles. The summed E-state index contributed by atoms with van der Waals surface area (Å²) in [7, 11) is 0. The minimum absolute atomic E-state index is 0.0622. The van der Waals surface area contributed by atoms with Gasteiger partial charge < -0.3 is 9.88 Å². The molecule has 0 unspecified atom stereocenters. The van der Waals surface area contributed by atoms with Crippen molar-refractivity contribution in [2.45, 2.75) is 33.7 Å². The Morgan fingerprint density at radius 3 is 2.65 bits per heavy atom. The molecular formula is C21H24BrN3O. The zero-order valence-electron chi connectivity index (χ0n) is 15.4. The van der Waals surface area contributed by atoms with E-state index in [1.165, 1.54) is 5.56 Å². The molecule has 0 radical (unpaired) electrons. The number of hydrogen-bond donors (Lipinski definition) is 1. The second-order valence-electron chi connectivity index (χ2n) is 7.49. The number of benzene rings is 2. The molecule has 3 rings (SSSR count). The minimum Gasteiger partial charge on any atom is -0.355 e. The van der Waals surface area contributed by atoms with Gasteiger partial charge in [0.2, 0.25) is 5.91 Å². The first-order valence-corrected chi connectivity index (χ1v) is 9.61. The highest BCUT2D eigenvalue weighted by molar-refractivity contribution is 9.10.